The third-order valence-electron chi connectivity index (χ3n) is 3.72. The van der Waals surface area contributed by atoms with Crippen LogP contribution < -0.4 is 9.04 Å². The highest BCUT2D eigenvalue weighted by molar-refractivity contribution is 7.92. The molecule has 0 heterocycles. The molecule has 0 radical (unpaired) electrons. The summed E-state index contributed by atoms with van der Waals surface area (Å²) in [5, 5.41) is 0. The molecule has 7 heteroatoms. The van der Waals surface area contributed by atoms with Gasteiger partial charge in [0, 0.05) is 45.0 Å². The van der Waals surface area contributed by atoms with Crippen molar-refractivity contribution in [3.8, 4) is 5.75 Å². The van der Waals surface area contributed by atoms with Crippen molar-refractivity contribution >= 4 is 21.5 Å². The number of benzene rings is 2. The highest BCUT2D eigenvalue weighted by atomic mass is 32.2. The zero-order chi connectivity index (χ0) is 19.3. The van der Waals surface area contributed by atoms with Crippen molar-refractivity contribution in [2.45, 2.75) is 4.90 Å². The average Bonchev–Trinajstić information content (AvgIpc) is 2.65. The fourth-order valence-corrected chi connectivity index (χ4v) is 3.45. The van der Waals surface area contributed by atoms with Crippen LogP contribution >= 0.6 is 0 Å². The van der Waals surface area contributed by atoms with Gasteiger partial charge >= 0.3 is 0 Å². The molecule has 138 valence electrons. The van der Waals surface area contributed by atoms with Crippen LogP contribution in [0.25, 0.3) is 0 Å². The van der Waals surface area contributed by atoms with Crippen LogP contribution in [0.1, 0.15) is 10.4 Å². The van der Waals surface area contributed by atoms with Gasteiger partial charge in [0.05, 0.1) is 17.7 Å². The minimum Gasteiger partial charge on any atom is -0.497 e. The number of sulfonamides is 1. The highest BCUT2D eigenvalue weighted by Crippen LogP contribution is 2.25. The molecule has 0 unspecified atom stereocenters. The maximum atomic E-state index is 12.9. The lowest BCUT2D eigenvalue weighted by Gasteiger charge is -2.20. The van der Waals surface area contributed by atoms with E-state index in [1.165, 1.54) is 32.4 Å². The third kappa shape index (κ3) is 4.43. The Morgan fingerprint density at radius 1 is 1.04 bits per heavy atom. The monoisotopic (exact) mass is 374 g/mol. The summed E-state index contributed by atoms with van der Waals surface area (Å²) in [5.41, 5.74) is 0.810. The van der Waals surface area contributed by atoms with E-state index in [1.54, 1.807) is 47.5 Å². The van der Waals surface area contributed by atoms with E-state index in [-0.39, 0.29) is 10.7 Å². The van der Waals surface area contributed by atoms with E-state index in [0.29, 0.717) is 17.0 Å². The minimum absolute atomic E-state index is 0.114. The molecule has 0 amide bonds. The molecule has 0 spiro atoms. The zero-order valence-electron chi connectivity index (χ0n) is 15.2. The summed E-state index contributed by atoms with van der Waals surface area (Å²) in [6.07, 6.45) is 3.08. The normalized spacial score (nSPS) is 11.4. The van der Waals surface area contributed by atoms with Crippen LogP contribution in [0.4, 0.5) is 5.69 Å². The van der Waals surface area contributed by atoms with Crippen molar-refractivity contribution in [2.24, 2.45) is 0 Å². The largest absolute Gasteiger partial charge is 0.497 e. The fourth-order valence-electron chi connectivity index (χ4n) is 2.23. The molecule has 0 atom stereocenters. The highest BCUT2D eigenvalue weighted by Gasteiger charge is 2.22. The molecule has 0 N–H and O–H groups in total. The number of nitrogens with zero attached hydrogens (tertiary/aromatic N) is 2. The standard InChI is InChI=1S/C19H22N2O4S/c1-20(2)12-11-19(22)15-7-5-8-16(13-15)21(3)26(23,24)18-10-6-9-17(14-18)25-4/h5-14H,1-4H3/b12-11+. The summed E-state index contributed by atoms with van der Waals surface area (Å²) in [7, 11) is 2.78. The van der Waals surface area contributed by atoms with Crippen LogP contribution in [0.2, 0.25) is 0 Å². The van der Waals surface area contributed by atoms with E-state index in [0.717, 1.165) is 4.31 Å². The molecule has 0 aromatic heterocycles. The summed E-state index contributed by atoms with van der Waals surface area (Å²) in [4.78, 5) is 14.1. The molecule has 0 aliphatic heterocycles. The molecular weight excluding hydrogens is 352 g/mol. The van der Waals surface area contributed by atoms with Gasteiger partial charge in [-0.05, 0) is 24.3 Å². The number of anilines is 1. The van der Waals surface area contributed by atoms with Gasteiger partial charge in [-0.1, -0.05) is 18.2 Å². The maximum absolute atomic E-state index is 12.9. The lowest BCUT2D eigenvalue weighted by atomic mass is 10.1. The van der Waals surface area contributed by atoms with Gasteiger partial charge in [-0.2, -0.15) is 0 Å². The topological polar surface area (TPSA) is 66.9 Å². The van der Waals surface area contributed by atoms with Crippen molar-refractivity contribution in [1.29, 1.82) is 0 Å². The predicted molar refractivity (Wildman–Crippen MR) is 102 cm³/mol. The lowest BCUT2D eigenvalue weighted by molar-refractivity contribution is 0.104. The summed E-state index contributed by atoms with van der Waals surface area (Å²) < 4.78 is 32.0. The van der Waals surface area contributed by atoms with Crippen molar-refractivity contribution in [2.75, 3.05) is 32.6 Å². The molecule has 2 rings (SSSR count). The summed E-state index contributed by atoms with van der Waals surface area (Å²) in [5.74, 6) is 0.255. The van der Waals surface area contributed by atoms with Gasteiger partial charge in [-0.15, -0.1) is 0 Å². The summed E-state index contributed by atoms with van der Waals surface area (Å²) in [6.45, 7) is 0. The summed E-state index contributed by atoms with van der Waals surface area (Å²) in [6, 6.07) is 12.8. The van der Waals surface area contributed by atoms with Crippen LogP contribution in [0, 0.1) is 0 Å². The molecular formula is C19H22N2O4S. The van der Waals surface area contributed by atoms with Crippen LogP contribution in [0.5, 0.6) is 5.75 Å². The second kappa shape index (κ2) is 8.05. The van der Waals surface area contributed by atoms with E-state index in [2.05, 4.69) is 0 Å². The molecule has 0 aliphatic rings. The molecule has 0 saturated heterocycles. The van der Waals surface area contributed by atoms with Crippen LogP contribution in [0.3, 0.4) is 0 Å². The van der Waals surface area contributed by atoms with E-state index in [4.69, 9.17) is 4.74 Å². The number of carbonyl (C=O) groups excluding carboxylic acids is 1. The van der Waals surface area contributed by atoms with Gasteiger partial charge < -0.3 is 9.64 Å². The number of carbonyl (C=O) groups is 1. The van der Waals surface area contributed by atoms with Gasteiger partial charge in [0.2, 0.25) is 0 Å². The molecule has 2 aromatic carbocycles. The third-order valence-corrected chi connectivity index (χ3v) is 5.50. The van der Waals surface area contributed by atoms with Crippen LogP contribution in [-0.4, -0.2) is 47.4 Å². The predicted octanol–water partition coefficient (Wildman–Crippen LogP) is 2.78. The van der Waals surface area contributed by atoms with Crippen molar-refractivity contribution in [1.82, 2.24) is 4.90 Å². The number of allylic oxidation sites excluding steroid dienone is 1. The Balaban J connectivity index is 2.35. The Labute approximate surface area is 154 Å². The van der Waals surface area contributed by atoms with Crippen molar-refractivity contribution in [3.63, 3.8) is 0 Å². The second-order valence-electron chi connectivity index (χ2n) is 5.85. The minimum atomic E-state index is -3.78. The van der Waals surface area contributed by atoms with Gasteiger partial charge in [0.1, 0.15) is 5.75 Å². The zero-order valence-corrected chi connectivity index (χ0v) is 16.0. The molecule has 2 aromatic rings. The molecule has 26 heavy (non-hydrogen) atoms. The quantitative estimate of drug-likeness (QED) is 0.551. The lowest BCUT2D eigenvalue weighted by Crippen LogP contribution is -2.26. The number of ether oxygens (including phenoxy) is 1. The first-order valence-corrected chi connectivity index (χ1v) is 9.31. The Hall–Kier alpha value is -2.80. The van der Waals surface area contributed by atoms with Gasteiger partial charge in [-0.25, -0.2) is 8.42 Å². The molecule has 0 bridgehead atoms. The Morgan fingerprint density at radius 3 is 2.38 bits per heavy atom. The van der Waals surface area contributed by atoms with Crippen LogP contribution in [-0.2, 0) is 10.0 Å². The fraction of sp³-hybridized carbons (Fsp3) is 0.211. The number of methoxy groups -OCH3 is 1. The van der Waals surface area contributed by atoms with E-state index >= 15 is 0 Å². The second-order valence-corrected chi connectivity index (χ2v) is 7.81. The Morgan fingerprint density at radius 2 is 1.73 bits per heavy atom. The first-order valence-electron chi connectivity index (χ1n) is 7.87. The first kappa shape index (κ1) is 19.5. The van der Waals surface area contributed by atoms with E-state index in [9.17, 15) is 13.2 Å². The number of hydrogen-bond acceptors (Lipinski definition) is 5. The smallest absolute Gasteiger partial charge is 0.264 e. The Bertz CT molecular complexity index is 921. The van der Waals surface area contributed by atoms with Crippen molar-refractivity contribution < 1.29 is 17.9 Å². The van der Waals surface area contributed by atoms with Gasteiger partial charge in [-0.3, -0.25) is 9.10 Å². The van der Waals surface area contributed by atoms with Gasteiger partial charge in [0.25, 0.3) is 10.0 Å². The summed E-state index contributed by atoms with van der Waals surface area (Å²) >= 11 is 0. The molecule has 0 aliphatic carbocycles. The van der Waals surface area contributed by atoms with Crippen LogP contribution in [0.15, 0.2) is 65.7 Å². The molecule has 0 fully saturated rings. The van der Waals surface area contributed by atoms with E-state index in [1.807, 2.05) is 14.1 Å². The Kier molecular flexibility index (Phi) is 6.05. The average molecular weight is 374 g/mol. The molecule has 6 nitrogen and oxygen atoms in total. The number of ketones is 1. The number of hydrogen-bond donors (Lipinski definition) is 0. The SMILES string of the molecule is COc1cccc(S(=O)(=O)N(C)c2cccc(C(=O)/C=C/N(C)C)c2)c1. The van der Waals surface area contributed by atoms with E-state index < -0.39 is 10.0 Å². The van der Waals surface area contributed by atoms with Gasteiger partial charge in [0.15, 0.2) is 5.78 Å². The number of rotatable bonds is 7. The van der Waals surface area contributed by atoms with Crippen molar-refractivity contribution in [3.05, 3.63) is 66.4 Å². The molecule has 0 saturated carbocycles. The maximum Gasteiger partial charge on any atom is 0.264 e. The first-order chi connectivity index (χ1) is 12.3.